The molecule has 0 aliphatic carbocycles. The molecular weight excluding hydrogens is 232 g/mol. The average Bonchev–Trinajstić information content (AvgIpc) is 2.92. The minimum absolute atomic E-state index is 0.246. The van der Waals surface area contributed by atoms with Gasteiger partial charge in [0, 0.05) is 25.5 Å². The number of rotatable bonds is 6. The number of nitrogens with zero attached hydrogens (tertiary/aromatic N) is 3. The predicted molar refractivity (Wildman–Crippen MR) is 65.0 cm³/mol. The van der Waals surface area contributed by atoms with Crippen LogP contribution < -0.4 is 5.32 Å². The standard InChI is InChI=1S/C12H16N4O2/c13-8-11-12(15-4-3-14-11)16-5-7-17-9-10-2-1-6-18-10/h3-4,10H,1-2,5-7,9H2,(H,15,16). The maximum absolute atomic E-state index is 8.82. The van der Waals surface area contributed by atoms with Gasteiger partial charge in [0.05, 0.1) is 19.3 Å². The summed E-state index contributed by atoms with van der Waals surface area (Å²) in [6, 6.07) is 1.98. The number of nitriles is 1. The molecule has 0 bridgehead atoms. The summed E-state index contributed by atoms with van der Waals surface area (Å²) in [5, 5.41) is 11.9. The van der Waals surface area contributed by atoms with Gasteiger partial charge in [0.25, 0.3) is 0 Å². The van der Waals surface area contributed by atoms with Crippen LogP contribution in [0.3, 0.4) is 0 Å². The minimum Gasteiger partial charge on any atom is -0.377 e. The Hall–Kier alpha value is -1.71. The summed E-state index contributed by atoms with van der Waals surface area (Å²) >= 11 is 0. The van der Waals surface area contributed by atoms with Crippen molar-refractivity contribution in [3.8, 4) is 6.07 Å². The van der Waals surface area contributed by atoms with Crippen LogP contribution in [0.25, 0.3) is 0 Å². The second kappa shape index (κ2) is 6.89. The highest BCUT2D eigenvalue weighted by Crippen LogP contribution is 2.11. The highest BCUT2D eigenvalue weighted by atomic mass is 16.5. The molecule has 1 fully saturated rings. The van der Waals surface area contributed by atoms with Gasteiger partial charge in [-0.15, -0.1) is 0 Å². The first kappa shape index (κ1) is 12.7. The van der Waals surface area contributed by atoms with E-state index < -0.39 is 0 Å². The second-order valence-electron chi connectivity index (χ2n) is 4.00. The lowest BCUT2D eigenvalue weighted by Crippen LogP contribution is -2.18. The van der Waals surface area contributed by atoms with Crippen molar-refractivity contribution >= 4 is 5.82 Å². The monoisotopic (exact) mass is 248 g/mol. The van der Waals surface area contributed by atoms with Crippen LogP contribution in [0.5, 0.6) is 0 Å². The Bertz CT molecular complexity index is 413. The molecule has 2 rings (SSSR count). The lowest BCUT2D eigenvalue weighted by molar-refractivity contribution is 0.0206. The van der Waals surface area contributed by atoms with E-state index in [4.69, 9.17) is 14.7 Å². The number of hydrogen-bond donors (Lipinski definition) is 1. The summed E-state index contributed by atoms with van der Waals surface area (Å²) in [6.07, 6.45) is 5.50. The number of anilines is 1. The number of aromatic nitrogens is 2. The summed E-state index contributed by atoms with van der Waals surface area (Å²) in [4.78, 5) is 7.96. The molecule has 0 spiro atoms. The molecule has 1 aromatic heterocycles. The minimum atomic E-state index is 0.246. The second-order valence-corrected chi connectivity index (χ2v) is 4.00. The first-order chi connectivity index (χ1) is 8.90. The number of hydrogen-bond acceptors (Lipinski definition) is 6. The van der Waals surface area contributed by atoms with Gasteiger partial charge in [0.1, 0.15) is 6.07 Å². The molecule has 0 saturated carbocycles. The fourth-order valence-electron chi connectivity index (χ4n) is 1.78. The van der Waals surface area contributed by atoms with E-state index in [2.05, 4.69) is 15.3 Å². The van der Waals surface area contributed by atoms with Crippen LogP contribution in [0.4, 0.5) is 5.82 Å². The maximum atomic E-state index is 8.82. The molecule has 2 heterocycles. The first-order valence-corrected chi connectivity index (χ1v) is 6.04. The molecule has 6 nitrogen and oxygen atoms in total. The van der Waals surface area contributed by atoms with Gasteiger partial charge >= 0.3 is 0 Å². The van der Waals surface area contributed by atoms with Crippen molar-refractivity contribution < 1.29 is 9.47 Å². The van der Waals surface area contributed by atoms with E-state index in [1.807, 2.05) is 6.07 Å². The van der Waals surface area contributed by atoms with Gasteiger partial charge in [-0.2, -0.15) is 5.26 Å². The molecule has 0 amide bonds. The third-order valence-corrected chi connectivity index (χ3v) is 2.67. The summed E-state index contributed by atoms with van der Waals surface area (Å²) in [6.45, 7) is 2.63. The van der Waals surface area contributed by atoms with Gasteiger partial charge < -0.3 is 14.8 Å². The summed E-state index contributed by atoms with van der Waals surface area (Å²) in [5.41, 5.74) is 0.302. The quantitative estimate of drug-likeness (QED) is 0.755. The van der Waals surface area contributed by atoms with Crippen LogP contribution in [0.15, 0.2) is 12.4 Å². The molecule has 0 aromatic carbocycles. The van der Waals surface area contributed by atoms with Crippen LogP contribution in [-0.4, -0.2) is 42.4 Å². The van der Waals surface area contributed by atoms with E-state index in [1.165, 1.54) is 6.20 Å². The molecule has 1 saturated heterocycles. The van der Waals surface area contributed by atoms with Crippen molar-refractivity contribution in [1.82, 2.24) is 9.97 Å². The Labute approximate surface area is 106 Å². The van der Waals surface area contributed by atoms with Gasteiger partial charge in [-0.25, -0.2) is 9.97 Å². The van der Waals surface area contributed by atoms with Crippen LogP contribution in [-0.2, 0) is 9.47 Å². The zero-order valence-corrected chi connectivity index (χ0v) is 10.1. The lowest BCUT2D eigenvalue weighted by Gasteiger charge is -2.10. The van der Waals surface area contributed by atoms with E-state index in [9.17, 15) is 0 Å². The Morgan fingerprint density at radius 3 is 3.17 bits per heavy atom. The van der Waals surface area contributed by atoms with E-state index in [1.54, 1.807) is 6.20 Å². The topological polar surface area (TPSA) is 80.1 Å². The molecule has 1 atom stereocenters. The molecule has 0 radical (unpaired) electrons. The molecule has 1 aromatic rings. The zero-order valence-electron chi connectivity index (χ0n) is 10.1. The highest BCUT2D eigenvalue weighted by molar-refractivity contribution is 5.46. The summed E-state index contributed by atoms with van der Waals surface area (Å²) in [7, 11) is 0. The molecule has 1 aliphatic heterocycles. The van der Waals surface area contributed by atoms with Gasteiger partial charge in [-0.1, -0.05) is 0 Å². The average molecular weight is 248 g/mol. The van der Waals surface area contributed by atoms with Crippen molar-refractivity contribution in [2.45, 2.75) is 18.9 Å². The van der Waals surface area contributed by atoms with Crippen LogP contribution in [0, 0.1) is 11.3 Å². The summed E-state index contributed by atoms with van der Waals surface area (Å²) in [5.74, 6) is 0.501. The van der Waals surface area contributed by atoms with Crippen molar-refractivity contribution in [3.63, 3.8) is 0 Å². The van der Waals surface area contributed by atoms with Gasteiger partial charge in [0.15, 0.2) is 11.5 Å². The van der Waals surface area contributed by atoms with Crippen LogP contribution >= 0.6 is 0 Å². The summed E-state index contributed by atoms with van der Waals surface area (Å²) < 4.78 is 10.9. The fourth-order valence-corrected chi connectivity index (χ4v) is 1.78. The van der Waals surface area contributed by atoms with E-state index in [0.717, 1.165) is 19.4 Å². The van der Waals surface area contributed by atoms with Gasteiger partial charge in [0.2, 0.25) is 0 Å². The zero-order chi connectivity index (χ0) is 12.6. The van der Waals surface area contributed by atoms with Crippen molar-refractivity contribution in [2.75, 3.05) is 31.7 Å². The molecule has 1 unspecified atom stereocenters. The SMILES string of the molecule is N#Cc1nccnc1NCCOCC1CCCO1. The Morgan fingerprint density at radius 1 is 1.50 bits per heavy atom. The Kier molecular flexibility index (Phi) is 4.88. The molecular formula is C12H16N4O2. The first-order valence-electron chi connectivity index (χ1n) is 6.04. The van der Waals surface area contributed by atoms with Gasteiger partial charge in [-0.05, 0) is 12.8 Å². The maximum Gasteiger partial charge on any atom is 0.182 e. The normalized spacial score (nSPS) is 18.5. The van der Waals surface area contributed by atoms with Crippen molar-refractivity contribution in [3.05, 3.63) is 18.1 Å². The highest BCUT2D eigenvalue weighted by Gasteiger charge is 2.14. The third kappa shape index (κ3) is 3.65. The smallest absolute Gasteiger partial charge is 0.182 e. The van der Waals surface area contributed by atoms with Crippen LogP contribution in [0.2, 0.25) is 0 Å². The van der Waals surface area contributed by atoms with E-state index in [-0.39, 0.29) is 6.10 Å². The molecule has 6 heteroatoms. The van der Waals surface area contributed by atoms with Crippen molar-refractivity contribution in [2.24, 2.45) is 0 Å². The molecule has 96 valence electrons. The fraction of sp³-hybridized carbons (Fsp3) is 0.583. The Balaban J connectivity index is 1.64. The molecule has 1 aliphatic rings. The van der Waals surface area contributed by atoms with Gasteiger partial charge in [-0.3, -0.25) is 0 Å². The van der Waals surface area contributed by atoms with E-state index in [0.29, 0.717) is 31.3 Å². The number of nitrogens with one attached hydrogen (secondary N) is 1. The largest absolute Gasteiger partial charge is 0.377 e. The predicted octanol–water partition coefficient (Wildman–Crippen LogP) is 0.956. The van der Waals surface area contributed by atoms with Crippen molar-refractivity contribution in [1.29, 1.82) is 5.26 Å². The molecule has 18 heavy (non-hydrogen) atoms. The Morgan fingerprint density at radius 2 is 2.39 bits per heavy atom. The third-order valence-electron chi connectivity index (χ3n) is 2.67. The molecule has 1 N–H and O–H groups in total. The number of ether oxygens (including phenoxy) is 2. The lowest BCUT2D eigenvalue weighted by atomic mass is 10.2. The van der Waals surface area contributed by atoms with Crippen LogP contribution in [0.1, 0.15) is 18.5 Å². The van der Waals surface area contributed by atoms with E-state index >= 15 is 0 Å².